The molecule has 3 rings (SSSR count). The van der Waals surface area contributed by atoms with Crippen LogP contribution in [0.1, 0.15) is 12.0 Å². The minimum absolute atomic E-state index is 0.101. The van der Waals surface area contributed by atoms with Crippen molar-refractivity contribution >= 4 is 46.9 Å². The minimum Gasteiger partial charge on any atom is -0.420 e. The summed E-state index contributed by atoms with van der Waals surface area (Å²) < 4.78 is 41.2. The third-order valence-corrected chi connectivity index (χ3v) is 6.66. The Bertz CT molecular complexity index is 1060. The van der Waals surface area contributed by atoms with E-state index >= 15 is 0 Å². The lowest BCUT2D eigenvalue weighted by Gasteiger charge is -2.14. The van der Waals surface area contributed by atoms with E-state index in [2.05, 4.69) is 35.6 Å². The monoisotopic (exact) mass is 537 g/mol. The summed E-state index contributed by atoms with van der Waals surface area (Å²) in [5, 5.41) is 8.45. The number of benzene rings is 2. The predicted octanol–water partition coefficient (Wildman–Crippen LogP) is 6.40. The fourth-order valence-corrected chi connectivity index (χ4v) is 4.46. The maximum Gasteiger partial charge on any atom is 0.442 e. The second kappa shape index (κ2) is 10.2. The second-order valence-corrected chi connectivity index (χ2v) is 10.2. The van der Waals surface area contributed by atoms with Crippen molar-refractivity contribution in [3.63, 3.8) is 0 Å². The first-order valence-corrected chi connectivity index (χ1v) is 12.4. The normalized spacial score (nSPS) is 13.4. The molecule has 0 saturated carbocycles. The fraction of sp³-hybridized carbons (Fsp3) is 0.222. The van der Waals surface area contributed by atoms with Crippen LogP contribution >= 0.6 is 46.9 Å². The van der Waals surface area contributed by atoms with Crippen LogP contribution in [0, 0.1) is 0 Å². The van der Waals surface area contributed by atoms with Crippen LogP contribution in [0.25, 0.3) is 11.4 Å². The van der Waals surface area contributed by atoms with E-state index in [0.29, 0.717) is 20.5 Å². The average molecular weight is 539 g/mol. The SMILES string of the molecule is O=P(O)(Oc1ccc(CCCSc2nc(-c3ccc(Cl)cc3)n[nH]2)cc1Br)C(F)F. The number of alkyl halides is 2. The summed E-state index contributed by atoms with van der Waals surface area (Å²) in [7, 11) is -5.00. The van der Waals surface area contributed by atoms with Gasteiger partial charge in [-0.2, -0.15) is 13.9 Å². The average Bonchev–Trinajstić information content (AvgIpc) is 3.16. The maximum atomic E-state index is 12.5. The van der Waals surface area contributed by atoms with Gasteiger partial charge in [-0.3, -0.25) is 5.10 Å². The highest BCUT2D eigenvalue weighted by Crippen LogP contribution is 2.50. The van der Waals surface area contributed by atoms with Gasteiger partial charge in [-0.15, -0.1) is 0 Å². The Kier molecular flexibility index (Phi) is 7.92. The molecule has 0 amide bonds. The van der Waals surface area contributed by atoms with Crippen molar-refractivity contribution in [2.24, 2.45) is 0 Å². The molecule has 0 radical (unpaired) electrons. The molecule has 12 heteroatoms. The molecule has 0 saturated heterocycles. The van der Waals surface area contributed by atoms with Crippen molar-refractivity contribution in [3.05, 3.63) is 57.5 Å². The van der Waals surface area contributed by atoms with Gasteiger partial charge in [-0.1, -0.05) is 29.4 Å². The molecule has 0 aliphatic rings. The molecule has 0 aliphatic heterocycles. The lowest BCUT2D eigenvalue weighted by Crippen LogP contribution is -2.01. The van der Waals surface area contributed by atoms with Crippen molar-refractivity contribution in [1.29, 1.82) is 0 Å². The van der Waals surface area contributed by atoms with E-state index in [1.165, 1.54) is 17.8 Å². The minimum atomic E-state index is -5.00. The molecule has 6 nitrogen and oxygen atoms in total. The predicted molar refractivity (Wildman–Crippen MR) is 116 cm³/mol. The lowest BCUT2D eigenvalue weighted by molar-refractivity contribution is 0.188. The van der Waals surface area contributed by atoms with Crippen molar-refractivity contribution in [1.82, 2.24) is 15.2 Å². The Morgan fingerprint density at radius 3 is 2.67 bits per heavy atom. The summed E-state index contributed by atoms with van der Waals surface area (Å²) in [6, 6.07) is 12.0. The van der Waals surface area contributed by atoms with Crippen LogP contribution in [0.4, 0.5) is 8.78 Å². The smallest absolute Gasteiger partial charge is 0.420 e. The molecule has 30 heavy (non-hydrogen) atoms. The maximum absolute atomic E-state index is 12.5. The van der Waals surface area contributed by atoms with Crippen LogP contribution in [0.15, 0.2) is 52.1 Å². The number of thioether (sulfide) groups is 1. The summed E-state index contributed by atoms with van der Waals surface area (Å²) in [6.45, 7) is 0. The molecule has 1 heterocycles. The zero-order valence-electron chi connectivity index (χ0n) is 15.3. The molecule has 0 spiro atoms. The van der Waals surface area contributed by atoms with Crippen LogP contribution in [0.3, 0.4) is 0 Å². The number of nitrogens with one attached hydrogen (secondary N) is 1. The Balaban J connectivity index is 1.49. The van der Waals surface area contributed by atoms with Gasteiger partial charge >= 0.3 is 13.8 Å². The van der Waals surface area contributed by atoms with Crippen molar-refractivity contribution in [2.45, 2.75) is 24.2 Å². The highest BCUT2D eigenvalue weighted by atomic mass is 79.9. The number of H-pyrrole nitrogens is 1. The van der Waals surface area contributed by atoms with E-state index in [-0.39, 0.29) is 5.75 Å². The van der Waals surface area contributed by atoms with Crippen LogP contribution in [0.2, 0.25) is 5.02 Å². The van der Waals surface area contributed by atoms with Gasteiger partial charge in [0.15, 0.2) is 11.0 Å². The molecule has 1 unspecified atom stereocenters. The largest absolute Gasteiger partial charge is 0.442 e. The second-order valence-electron chi connectivity index (χ2n) is 6.12. The Morgan fingerprint density at radius 2 is 2.00 bits per heavy atom. The number of hydrogen-bond donors (Lipinski definition) is 2. The summed E-state index contributed by atoms with van der Waals surface area (Å²) in [6.07, 6.45) is -1.92. The van der Waals surface area contributed by atoms with E-state index in [0.717, 1.165) is 29.7 Å². The van der Waals surface area contributed by atoms with Gasteiger partial charge in [0.2, 0.25) is 0 Å². The summed E-state index contributed by atoms with van der Waals surface area (Å²) in [4.78, 5) is 13.6. The van der Waals surface area contributed by atoms with Crippen molar-refractivity contribution in [2.75, 3.05) is 5.75 Å². The lowest BCUT2D eigenvalue weighted by atomic mass is 10.1. The van der Waals surface area contributed by atoms with Crippen molar-refractivity contribution in [3.8, 4) is 17.1 Å². The number of nitrogens with zero attached hydrogens (tertiary/aromatic N) is 2. The van der Waals surface area contributed by atoms with Crippen molar-refractivity contribution < 1.29 is 22.8 Å². The third kappa shape index (κ3) is 6.28. The van der Waals surface area contributed by atoms with E-state index in [1.807, 2.05) is 12.1 Å². The number of halogens is 4. The Labute approximate surface area is 189 Å². The third-order valence-electron chi connectivity index (χ3n) is 3.89. The van der Waals surface area contributed by atoms with Crippen LogP contribution < -0.4 is 4.52 Å². The van der Waals surface area contributed by atoms with Crippen LogP contribution in [0.5, 0.6) is 5.75 Å². The van der Waals surface area contributed by atoms with Crippen LogP contribution in [-0.4, -0.2) is 32.0 Å². The first-order valence-electron chi connectivity index (χ1n) is 8.64. The number of hydrogen-bond acceptors (Lipinski definition) is 5. The van der Waals surface area contributed by atoms with E-state index < -0.39 is 13.8 Å². The van der Waals surface area contributed by atoms with E-state index in [1.54, 1.807) is 24.3 Å². The fourth-order valence-electron chi connectivity index (χ4n) is 2.44. The first kappa shape index (κ1) is 23.2. The molecule has 1 aromatic heterocycles. The number of aromatic nitrogens is 3. The van der Waals surface area contributed by atoms with Gasteiger partial charge in [0.25, 0.3) is 0 Å². The van der Waals surface area contributed by atoms with Gasteiger partial charge < -0.3 is 9.42 Å². The highest BCUT2D eigenvalue weighted by Gasteiger charge is 2.34. The topological polar surface area (TPSA) is 88.1 Å². The number of rotatable bonds is 9. The molecule has 160 valence electrons. The summed E-state index contributed by atoms with van der Waals surface area (Å²) in [5.74, 6) is 1.27. The number of aromatic amines is 1. The molecular formula is C18H16BrClF2N3O3PS. The molecule has 2 aromatic carbocycles. The molecule has 1 atom stereocenters. The van der Waals surface area contributed by atoms with Gasteiger partial charge in [0.05, 0.1) is 4.47 Å². The Morgan fingerprint density at radius 1 is 1.27 bits per heavy atom. The quantitative estimate of drug-likeness (QED) is 0.186. The zero-order valence-corrected chi connectivity index (χ0v) is 19.3. The number of aryl methyl sites for hydroxylation is 1. The summed E-state index contributed by atoms with van der Waals surface area (Å²) >= 11 is 10.6. The molecule has 0 bridgehead atoms. The summed E-state index contributed by atoms with van der Waals surface area (Å²) in [5.41, 5.74) is 1.80. The van der Waals surface area contributed by atoms with Gasteiger partial charge in [0.1, 0.15) is 5.75 Å². The molecular weight excluding hydrogens is 523 g/mol. The zero-order chi connectivity index (χ0) is 21.7. The highest BCUT2D eigenvalue weighted by molar-refractivity contribution is 9.10. The first-order chi connectivity index (χ1) is 14.2. The van der Waals surface area contributed by atoms with Gasteiger partial charge in [-0.25, -0.2) is 9.55 Å². The van der Waals surface area contributed by atoms with E-state index in [9.17, 15) is 13.3 Å². The molecule has 3 aromatic rings. The van der Waals surface area contributed by atoms with Gasteiger partial charge in [0, 0.05) is 16.3 Å². The van der Waals surface area contributed by atoms with E-state index in [4.69, 9.17) is 16.5 Å². The molecule has 0 fully saturated rings. The standard InChI is InChI=1S/C18H16BrClF2N3O3PS/c19-14-10-11(3-8-15(14)28-29(26,27)17(21)22)2-1-9-30-18-23-16(24-25-18)12-4-6-13(20)7-5-12/h3-8,10,17H,1-2,9H2,(H,26,27)(H,23,24,25). The Hall–Kier alpha value is -1.45. The molecule has 2 N–H and O–H groups in total. The van der Waals surface area contributed by atoms with Gasteiger partial charge in [-0.05, 0) is 70.7 Å². The molecule has 0 aliphatic carbocycles. The van der Waals surface area contributed by atoms with Crippen LogP contribution in [-0.2, 0) is 11.0 Å².